The minimum absolute atomic E-state index is 0.0000449. The molecule has 2 atom stereocenters. The summed E-state index contributed by atoms with van der Waals surface area (Å²) in [6.07, 6.45) is 0.944. The number of carbonyl (C=O) groups excluding carboxylic acids is 1. The van der Waals surface area contributed by atoms with Crippen molar-refractivity contribution < 1.29 is 9.32 Å². The van der Waals surface area contributed by atoms with E-state index in [2.05, 4.69) is 17.1 Å². The second-order valence-electron chi connectivity index (χ2n) is 4.75. The highest BCUT2D eigenvalue weighted by Crippen LogP contribution is 2.22. The lowest BCUT2D eigenvalue weighted by Gasteiger charge is -2.05. The summed E-state index contributed by atoms with van der Waals surface area (Å²) in [7, 11) is 0. The molecule has 0 amide bonds. The van der Waals surface area contributed by atoms with E-state index in [-0.39, 0.29) is 11.7 Å². The lowest BCUT2D eigenvalue weighted by atomic mass is 9.99. The van der Waals surface area contributed by atoms with Gasteiger partial charge in [0.2, 0.25) is 5.89 Å². The van der Waals surface area contributed by atoms with E-state index in [1.165, 1.54) is 0 Å². The maximum absolute atomic E-state index is 12.3. The van der Waals surface area contributed by atoms with Gasteiger partial charge in [0.1, 0.15) is 0 Å². The van der Waals surface area contributed by atoms with Crippen molar-refractivity contribution in [3.8, 4) is 0 Å². The molecular formula is C15H18N2O2. The van der Waals surface area contributed by atoms with Gasteiger partial charge in [0.15, 0.2) is 11.6 Å². The molecule has 0 bridgehead atoms. The zero-order valence-electron chi connectivity index (χ0n) is 11.5. The Morgan fingerprint density at radius 3 is 2.58 bits per heavy atom. The molecule has 1 aromatic heterocycles. The van der Waals surface area contributed by atoms with Crippen molar-refractivity contribution in [1.29, 1.82) is 0 Å². The molecule has 100 valence electrons. The molecular weight excluding hydrogens is 240 g/mol. The smallest absolute Gasteiger partial charge is 0.237 e. The number of carbonyl (C=O) groups is 1. The van der Waals surface area contributed by atoms with E-state index in [0.29, 0.717) is 17.3 Å². The molecule has 0 saturated carbocycles. The lowest BCUT2D eigenvalue weighted by molar-refractivity contribution is 0.0951. The number of nitrogens with zero attached hydrogens (tertiary/aromatic N) is 2. The number of aromatic nitrogens is 2. The molecule has 0 fully saturated rings. The van der Waals surface area contributed by atoms with Crippen LogP contribution < -0.4 is 0 Å². The van der Waals surface area contributed by atoms with Crippen molar-refractivity contribution in [2.75, 3.05) is 0 Å². The SMILES string of the molecule is CCC(C)c1noc(C(C)C(=O)c2ccccc2)n1. The topological polar surface area (TPSA) is 56.0 Å². The van der Waals surface area contributed by atoms with Gasteiger partial charge in [-0.1, -0.05) is 49.3 Å². The highest BCUT2D eigenvalue weighted by atomic mass is 16.5. The van der Waals surface area contributed by atoms with Crippen LogP contribution in [0.1, 0.15) is 61.1 Å². The summed E-state index contributed by atoms with van der Waals surface area (Å²) in [5.74, 6) is 0.901. The molecule has 2 unspecified atom stereocenters. The first kappa shape index (κ1) is 13.5. The highest BCUT2D eigenvalue weighted by molar-refractivity contribution is 6.00. The molecule has 0 aliphatic carbocycles. The van der Waals surface area contributed by atoms with Gasteiger partial charge in [0.05, 0.1) is 5.92 Å². The van der Waals surface area contributed by atoms with Crippen molar-refractivity contribution in [2.24, 2.45) is 0 Å². The Morgan fingerprint density at radius 1 is 1.26 bits per heavy atom. The first-order valence-electron chi connectivity index (χ1n) is 6.56. The van der Waals surface area contributed by atoms with Gasteiger partial charge in [0.25, 0.3) is 0 Å². The minimum Gasteiger partial charge on any atom is -0.339 e. The summed E-state index contributed by atoms with van der Waals surface area (Å²) in [5, 5.41) is 3.95. The number of ketones is 1. The molecule has 0 aliphatic rings. The zero-order valence-corrected chi connectivity index (χ0v) is 11.5. The Balaban J connectivity index is 2.18. The van der Waals surface area contributed by atoms with Crippen LogP contribution in [0.25, 0.3) is 0 Å². The number of hydrogen-bond acceptors (Lipinski definition) is 4. The van der Waals surface area contributed by atoms with E-state index in [1.807, 2.05) is 25.1 Å². The Bertz CT molecular complexity index is 548. The first-order chi connectivity index (χ1) is 9.13. The van der Waals surface area contributed by atoms with Crippen molar-refractivity contribution in [2.45, 2.75) is 39.0 Å². The van der Waals surface area contributed by atoms with Gasteiger partial charge in [-0.3, -0.25) is 4.79 Å². The minimum atomic E-state index is -0.410. The molecule has 1 aromatic carbocycles. The maximum Gasteiger partial charge on any atom is 0.237 e. The van der Waals surface area contributed by atoms with Crippen LogP contribution >= 0.6 is 0 Å². The standard InChI is InChI=1S/C15H18N2O2/c1-4-10(2)14-16-15(19-17-14)11(3)13(18)12-8-6-5-7-9-12/h5-11H,4H2,1-3H3. The molecule has 0 aliphatic heterocycles. The third-order valence-electron chi connectivity index (χ3n) is 3.33. The molecule has 2 aromatic rings. The van der Waals surface area contributed by atoms with Crippen molar-refractivity contribution >= 4 is 5.78 Å². The van der Waals surface area contributed by atoms with Gasteiger partial charge in [-0.05, 0) is 13.3 Å². The summed E-state index contributed by atoms with van der Waals surface area (Å²) < 4.78 is 5.21. The number of rotatable bonds is 5. The van der Waals surface area contributed by atoms with E-state index < -0.39 is 5.92 Å². The Hall–Kier alpha value is -1.97. The van der Waals surface area contributed by atoms with Crippen molar-refractivity contribution in [3.63, 3.8) is 0 Å². The van der Waals surface area contributed by atoms with E-state index >= 15 is 0 Å². The second-order valence-corrected chi connectivity index (χ2v) is 4.75. The average molecular weight is 258 g/mol. The van der Waals surface area contributed by atoms with Gasteiger partial charge in [-0.25, -0.2) is 0 Å². The third-order valence-corrected chi connectivity index (χ3v) is 3.33. The first-order valence-corrected chi connectivity index (χ1v) is 6.56. The molecule has 0 saturated heterocycles. The maximum atomic E-state index is 12.3. The van der Waals surface area contributed by atoms with Crippen LogP contribution in [-0.2, 0) is 0 Å². The van der Waals surface area contributed by atoms with E-state index in [1.54, 1.807) is 19.1 Å². The Morgan fingerprint density at radius 2 is 1.95 bits per heavy atom. The van der Waals surface area contributed by atoms with Crippen LogP contribution in [0, 0.1) is 0 Å². The highest BCUT2D eigenvalue weighted by Gasteiger charge is 2.23. The predicted octanol–water partition coefficient (Wildman–Crippen LogP) is 3.57. The van der Waals surface area contributed by atoms with Crippen LogP contribution in [-0.4, -0.2) is 15.9 Å². The molecule has 4 heteroatoms. The van der Waals surface area contributed by atoms with Gasteiger partial charge >= 0.3 is 0 Å². The van der Waals surface area contributed by atoms with E-state index in [9.17, 15) is 4.79 Å². The van der Waals surface area contributed by atoms with Crippen molar-refractivity contribution in [3.05, 3.63) is 47.6 Å². The van der Waals surface area contributed by atoms with Gasteiger partial charge in [0, 0.05) is 11.5 Å². The number of hydrogen-bond donors (Lipinski definition) is 0. The molecule has 19 heavy (non-hydrogen) atoms. The molecule has 4 nitrogen and oxygen atoms in total. The van der Waals surface area contributed by atoms with Crippen LogP contribution in [0.3, 0.4) is 0 Å². The van der Waals surface area contributed by atoms with E-state index in [4.69, 9.17) is 4.52 Å². The van der Waals surface area contributed by atoms with E-state index in [0.717, 1.165) is 6.42 Å². The number of benzene rings is 1. The monoisotopic (exact) mass is 258 g/mol. The fourth-order valence-electron chi connectivity index (χ4n) is 1.77. The molecule has 0 spiro atoms. The number of Topliss-reactive ketones (excluding diaryl/α,β-unsaturated/α-hetero) is 1. The van der Waals surface area contributed by atoms with Crippen LogP contribution in [0.2, 0.25) is 0 Å². The molecule has 1 heterocycles. The van der Waals surface area contributed by atoms with Crippen LogP contribution in [0.15, 0.2) is 34.9 Å². The largest absolute Gasteiger partial charge is 0.339 e. The summed E-state index contributed by atoms with van der Waals surface area (Å²) in [6, 6.07) is 9.17. The molecule has 0 radical (unpaired) electrons. The summed E-state index contributed by atoms with van der Waals surface area (Å²) in [6.45, 7) is 5.90. The summed E-state index contributed by atoms with van der Waals surface area (Å²) >= 11 is 0. The van der Waals surface area contributed by atoms with Crippen molar-refractivity contribution in [1.82, 2.24) is 10.1 Å². The zero-order chi connectivity index (χ0) is 13.8. The fourth-order valence-corrected chi connectivity index (χ4v) is 1.77. The average Bonchev–Trinajstić information content (AvgIpc) is 2.95. The molecule has 2 rings (SSSR count). The van der Waals surface area contributed by atoms with Gasteiger partial charge < -0.3 is 4.52 Å². The van der Waals surface area contributed by atoms with Gasteiger partial charge in [-0.2, -0.15) is 4.98 Å². The summed E-state index contributed by atoms with van der Waals surface area (Å²) in [5.41, 5.74) is 0.665. The Labute approximate surface area is 112 Å². The lowest BCUT2D eigenvalue weighted by Crippen LogP contribution is -2.10. The Kier molecular flexibility index (Phi) is 4.10. The fraction of sp³-hybridized carbons (Fsp3) is 0.400. The van der Waals surface area contributed by atoms with Crippen LogP contribution in [0.5, 0.6) is 0 Å². The van der Waals surface area contributed by atoms with Crippen LogP contribution in [0.4, 0.5) is 0 Å². The molecule has 0 N–H and O–H groups in total. The predicted molar refractivity (Wildman–Crippen MR) is 72.2 cm³/mol. The van der Waals surface area contributed by atoms with Gasteiger partial charge in [-0.15, -0.1) is 0 Å². The normalized spacial score (nSPS) is 14.1. The summed E-state index contributed by atoms with van der Waals surface area (Å²) in [4.78, 5) is 16.6. The second kappa shape index (κ2) is 5.78. The quantitative estimate of drug-likeness (QED) is 0.769. The third kappa shape index (κ3) is 2.89.